The molecule has 0 saturated heterocycles. The first-order chi connectivity index (χ1) is 22.6. The Balaban J connectivity index is 1.32. The smallest absolute Gasteiger partial charge is 0.0771 e. The Hall–Kier alpha value is -4.48. The number of rotatable bonds is 1. The van der Waals surface area contributed by atoms with Crippen LogP contribution in [0.1, 0.15) is 47.2 Å². The van der Waals surface area contributed by atoms with Crippen LogP contribution in [0.25, 0.3) is 41.1 Å². The van der Waals surface area contributed by atoms with Gasteiger partial charge in [0.1, 0.15) is 0 Å². The van der Waals surface area contributed by atoms with Crippen molar-refractivity contribution in [2.45, 2.75) is 24.7 Å². The van der Waals surface area contributed by atoms with Crippen LogP contribution in [0.4, 0.5) is 17.1 Å². The van der Waals surface area contributed by atoms with Crippen LogP contribution in [-0.2, 0) is 10.8 Å². The van der Waals surface area contributed by atoms with Gasteiger partial charge >= 0.3 is 0 Å². The molecular formula is C42H27NS3. The SMILES string of the molecule is CC1(C)c2ccccc2-c2cc3c(cc21)N(c1cccc2c1sc1ccccc12)c1ccccc1C31c2ccsc2-c2sccc21. The molecule has 218 valence electrons. The quantitative estimate of drug-likeness (QED) is 0.172. The lowest BCUT2D eigenvalue weighted by Crippen LogP contribution is -2.36. The van der Waals surface area contributed by atoms with Crippen LogP contribution in [0.2, 0.25) is 0 Å². The molecule has 0 amide bonds. The van der Waals surface area contributed by atoms with E-state index in [0.29, 0.717) is 0 Å². The predicted molar refractivity (Wildman–Crippen MR) is 198 cm³/mol. The number of hydrogen-bond donors (Lipinski definition) is 0. The third-order valence-corrected chi connectivity index (χ3v) is 14.1. The van der Waals surface area contributed by atoms with E-state index in [1.54, 1.807) is 0 Å². The summed E-state index contributed by atoms with van der Waals surface area (Å²) in [7, 11) is 0. The van der Waals surface area contributed by atoms with Crippen molar-refractivity contribution >= 4 is 71.2 Å². The molecule has 5 aromatic carbocycles. The van der Waals surface area contributed by atoms with Crippen molar-refractivity contribution in [3.63, 3.8) is 0 Å². The summed E-state index contributed by atoms with van der Waals surface area (Å²) in [6, 6.07) is 44.0. The summed E-state index contributed by atoms with van der Waals surface area (Å²) in [6.07, 6.45) is 0. The van der Waals surface area contributed by atoms with E-state index in [2.05, 4.69) is 145 Å². The second-order valence-corrected chi connectivity index (χ2v) is 16.2. The molecule has 0 saturated carbocycles. The van der Waals surface area contributed by atoms with Crippen molar-refractivity contribution in [2.75, 3.05) is 4.90 Å². The molecule has 3 aliphatic rings. The molecule has 11 rings (SSSR count). The minimum atomic E-state index is -0.377. The van der Waals surface area contributed by atoms with Gasteiger partial charge in [-0.3, -0.25) is 0 Å². The van der Waals surface area contributed by atoms with Crippen LogP contribution in [0, 0.1) is 0 Å². The Morgan fingerprint density at radius 3 is 2.00 bits per heavy atom. The molecule has 0 radical (unpaired) electrons. The van der Waals surface area contributed by atoms with Gasteiger partial charge in [0.25, 0.3) is 0 Å². The molecule has 4 heterocycles. The number of anilines is 3. The molecule has 1 nitrogen and oxygen atoms in total. The van der Waals surface area contributed by atoms with E-state index in [1.165, 1.54) is 91.5 Å². The number of fused-ring (bicyclic) bond motifs is 15. The zero-order chi connectivity index (χ0) is 30.4. The largest absolute Gasteiger partial charge is 0.308 e. The predicted octanol–water partition coefficient (Wildman–Crippen LogP) is 12.6. The molecule has 8 aromatic rings. The molecule has 1 spiro atoms. The minimum Gasteiger partial charge on any atom is -0.308 e. The molecule has 0 bridgehead atoms. The van der Waals surface area contributed by atoms with Gasteiger partial charge in [-0.25, -0.2) is 0 Å². The van der Waals surface area contributed by atoms with Crippen LogP contribution in [-0.4, -0.2) is 0 Å². The Labute approximate surface area is 279 Å². The molecule has 1 aliphatic heterocycles. The highest BCUT2D eigenvalue weighted by molar-refractivity contribution is 7.26. The maximum atomic E-state index is 2.60. The van der Waals surface area contributed by atoms with Gasteiger partial charge in [0, 0.05) is 30.6 Å². The van der Waals surface area contributed by atoms with E-state index in [-0.39, 0.29) is 10.8 Å². The molecule has 0 unspecified atom stereocenters. The second-order valence-electron chi connectivity index (χ2n) is 13.3. The highest BCUT2D eigenvalue weighted by Gasteiger charge is 2.54. The van der Waals surface area contributed by atoms with E-state index in [4.69, 9.17) is 0 Å². The molecule has 3 aromatic heterocycles. The Kier molecular flexibility index (Phi) is 4.83. The van der Waals surface area contributed by atoms with E-state index in [9.17, 15) is 0 Å². The first-order valence-electron chi connectivity index (χ1n) is 15.8. The summed E-state index contributed by atoms with van der Waals surface area (Å²) in [4.78, 5) is 5.45. The zero-order valence-corrected chi connectivity index (χ0v) is 27.7. The topological polar surface area (TPSA) is 3.24 Å². The second kappa shape index (κ2) is 8.65. The average Bonchev–Trinajstić information content (AvgIpc) is 3.90. The van der Waals surface area contributed by atoms with E-state index in [0.717, 1.165) is 0 Å². The van der Waals surface area contributed by atoms with E-state index >= 15 is 0 Å². The van der Waals surface area contributed by atoms with Gasteiger partial charge in [0.2, 0.25) is 0 Å². The Morgan fingerprint density at radius 1 is 0.500 bits per heavy atom. The van der Waals surface area contributed by atoms with E-state index < -0.39 is 0 Å². The van der Waals surface area contributed by atoms with Gasteiger partial charge in [0.15, 0.2) is 0 Å². The minimum absolute atomic E-state index is 0.100. The molecule has 0 fully saturated rings. The molecule has 0 atom stereocenters. The molecule has 4 heteroatoms. The van der Waals surface area contributed by atoms with Gasteiger partial charge < -0.3 is 4.90 Å². The van der Waals surface area contributed by atoms with Gasteiger partial charge in [-0.2, -0.15) is 0 Å². The summed E-state index contributed by atoms with van der Waals surface area (Å²) in [5, 5.41) is 7.26. The van der Waals surface area contributed by atoms with E-state index in [1.807, 2.05) is 34.0 Å². The van der Waals surface area contributed by atoms with Gasteiger partial charge in [-0.05, 0) is 97.7 Å². The summed E-state index contributed by atoms with van der Waals surface area (Å²) in [5.41, 5.74) is 14.5. The summed E-state index contributed by atoms with van der Waals surface area (Å²) < 4.78 is 2.67. The number of thiophene rings is 3. The van der Waals surface area contributed by atoms with Crippen molar-refractivity contribution in [3.8, 4) is 20.9 Å². The third-order valence-electron chi connectivity index (χ3n) is 10.9. The Bertz CT molecular complexity index is 2550. The first kappa shape index (κ1) is 25.7. The standard InChI is InChI=1S/C42H27NS3/c1-41(2)28-13-5-3-10-24(28)27-22-33-36(23-32(27)41)43(35-16-9-12-26-25-11-4-8-17-37(25)46-38(26)35)34-15-7-6-14-29(34)42(33)30-18-20-44-39(30)40-31(42)19-21-45-40/h3-23H,1-2H3. The van der Waals surface area contributed by atoms with Crippen molar-refractivity contribution in [1.29, 1.82) is 0 Å². The van der Waals surface area contributed by atoms with Gasteiger partial charge in [-0.1, -0.05) is 86.6 Å². The lowest BCUT2D eigenvalue weighted by molar-refractivity contribution is 0.658. The van der Waals surface area contributed by atoms with Gasteiger partial charge in [0.05, 0.1) is 27.2 Å². The lowest BCUT2D eigenvalue weighted by atomic mass is 9.64. The van der Waals surface area contributed by atoms with Crippen molar-refractivity contribution in [3.05, 3.63) is 159 Å². The van der Waals surface area contributed by atoms with Crippen LogP contribution in [0.5, 0.6) is 0 Å². The van der Waals surface area contributed by atoms with Crippen LogP contribution >= 0.6 is 34.0 Å². The number of benzene rings is 5. The normalized spacial score (nSPS) is 15.9. The van der Waals surface area contributed by atoms with Crippen LogP contribution in [0.3, 0.4) is 0 Å². The van der Waals surface area contributed by atoms with Gasteiger partial charge in [-0.15, -0.1) is 34.0 Å². The van der Waals surface area contributed by atoms with Crippen molar-refractivity contribution < 1.29 is 0 Å². The highest BCUT2D eigenvalue weighted by Crippen LogP contribution is 2.67. The molecule has 2 aliphatic carbocycles. The number of para-hydroxylation sites is 1. The van der Waals surface area contributed by atoms with Crippen molar-refractivity contribution in [2.24, 2.45) is 0 Å². The maximum Gasteiger partial charge on any atom is 0.0771 e. The monoisotopic (exact) mass is 641 g/mol. The molecular weight excluding hydrogens is 615 g/mol. The van der Waals surface area contributed by atoms with Crippen LogP contribution in [0.15, 0.2) is 126 Å². The summed E-state index contributed by atoms with van der Waals surface area (Å²) >= 11 is 5.69. The highest BCUT2D eigenvalue weighted by atomic mass is 32.1. The number of hydrogen-bond acceptors (Lipinski definition) is 4. The molecule has 0 N–H and O–H groups in total. The molecule has 46 heavy (non-hydrogen) atoms. The van der Waals surface area contributed by atoms with Crippen LogP contribution < -0.4 is 4.90 Å². The first-order valence-corrected chi connectivity index (χ1v) is 18.4. The third kappa shape index (κ3) is 2.89. The maximum absolute atomic E-state index is 2.60. The number of nitrogens with zero attached hydrogens (tertiary/aromatic N) is 1. The lowest BCUT2D eigenvalue weighted by Gasteiger charge is -2.45. The van der Waals surface area contributed by atoms with Crippen molar-refractivity contribution in [1.82, 2.24) is 0 Å². The summed E-state index contributed by atoms with van der Waals surface area (Å²) in [5.74, 6) is 0. The fourth-order valence-electron chi connectivity index (χ4n) is 8.94. The zero-order valence-electron chi connectivity index (χ0n) is 25.3. The Morgan fingerprint density at radius 2 is 1.17 bits per heavy atom. The fraction of sp³-hybridized carbons (Fsp3) is 0.0952. The fourth-order valence-corrected chi connectivity index (χ4v) is 12.2. The summed E-state index contributed by atoms with van der Waals surface area (Å²) in [6.45, 7) is 4.80. The average molecular weight is 642 g/mol.